The number of amides is 1. The Balaban J connectivity index is 1.47. The summed E-state index contributed by atoms with van der Waals surface area (Å²) in [6.07, 6.45) is 1.58. The third kappa shape index (κ3) is 6.82. The molecule has 3 rings (SSSR count). The first-order valence-corrected chi connectivity index (χ1v) is 10.3. The van der Waals surface area contributed by atoms with Crippen LogP contribution in [0, 0.1) is 6.92 Å². The minimum Gasteiger partial charge on any atom is -0.482 e. The van der Waals surface area contributed by atoms with Gasteiger partial charge in [0.25, 0.3) is 5.91 Å². The maximum Gasteiger partial charge on any atom is 0.277 e. The van der Waals surface area contributed by atoms with Crippen LogP contribution in [0.4, 0.5) is 0 Å². The SMILES string of the molecule is Cc1ccc(Sc2ccc(/C=N/NC(=O)COc3ccc(Cl)cc3Cl)cc2)cc1. The summed E-state index contributed by atoms with van der Waals surface area (Å²) < 4.78 is 5.36. The van der Waals surface area contributed by atoms with Crippen LogP contribution in [0.15, 0.2) is 81.6 Å². The Morgan fingerprint density at radius 1 is 1.03 bits per heavy atom. The van der Waals surface area contributed by atoms with Crippen molar-refractivity contribution in [2.45, 2.75) is 16.7 Å². The van der Waals surface area contributed by atoms with E-state index in [-0.39, 0.29) is 12.5 Å². The molecule has 0 heterocycles. The second kappa shape index (κ2) is 10.3. The summed E-state index contributed by atoms with van der Waals surface area (Å²) in [5.41, 5.74) is 4.54. The second-order valence-electron chi connectivity index (χ2n) is 6.14. The molecule has 148 valence electrons. The Kier molecular flexibility index (Phi) is 7.58. The van der Waals surface area contributed by atoms with Gasteiger partial charge in [-0.05, 0) is 55.0 Å². The maximum absolute atomic E-state index is 11.8. The lowest BCUT2D eigenvalue weighted by Gasteiger charge is -2.07. The first-order valence-electron chi connectivity index (χ1n) is 8.74. The zero-order valence-corrected chi connectivity index (χ0v) is 17.9. The van der Waals surface area contributed by atoms with E-state index in [1.165, 1.54) is 10.5 Å². The summed E-state index contributed by atoms with van der Waals surface area (Å²) in [5, 5.41) is 4.79. The predicted molar refractivity (Wildman–Crippen MR) is 119 cm³/mol. The minimum atomic E-state index is -0.390. The molecule has 0 radical (unpaired) electrons. The van der Waals surface area contributed by atoms with Crippen molar-refractivity contribution in [3.8, 4) is 5.75 Å². The average molecular weight is 445 g/mol. The minimum absolute atomic E-state index is 0.204. The quantitative estimate of drug-likeness (QED) is 0.360. The van der Waals surface area contributed by atoms with E-state index in [1.54, 1.807) is 36.2 Å². The van der Waals surface area contributed by atoms with Crippen LogP contribution in [-0.4, -0.2) is 18.7 Å². The summed E-state index contributed by atoms with van der Waals surface area (Å²) in [6.45, 7) is 1.87. The molecule has 0 fully saturated rings. The summed E-state index contributed by atoms with van der Waals surface area (Å²) >= 11 is 13.5. The molecule has 0 atom stereocenters. The van der Waals surface area contributed by atoms with Crippen molar-refractivity contribution < 1.29 is 9.53 Å². The maximum atomic E-state index is 11.8. The molecule has 0 spiro atoms. The van der Waals surface area contributed by atoms with Gasteiger partial charge in [-0.3, -0.25) is 4.79 Å². The largest absolute Gasteiger partial charge is 0.482 e. The van der Waals surface area contributed by atoms with Crippen molar-refractivity contribution in [3.63, 3.8) is 0 Å². The molecule has 0 bridgehead atoms. The average Bonchev–Trinajstić information content (AvgIpc) is 2.70. The molecule has 0 aliphatic heterocycles. The van der Waals surface area contributed by atoms with E-state index < -0.39 is 0 Å². The van der Waals surface area contributed by atoms with Gasteiger partial charge in [0.2, 0.25) is 0 Å². The molecule has 0 aliphatic carbocycles. The molecule has 0 saturated heterocycles. The Morgan fingerprint density at radius 3 is 2.34 bits per heavy atom. The number of nitrogens with zero attached hydrogens (tertiary/aromatic N) is 1. The van der Waals surface area contributed by atoms with E-state index in [0.29, 0.717) is 15.8 Å². The molecule has 4 nitrogen and oxygen atoms in total. The van der Waals surface area contributed by atoms with Gasteiger partial charge >= 0.3 is 0 Å². The molecule has 0 aliphatic rings. The number of benzene rings is 3. The number of hydrogen-bond donors (Lipinski definition) is 1. The molecule has 0 saturated carbocycles. The van der Waals surface area contributed by atoms with Gasteiger partial charge in [-0.15, -0.1) is 0 Å². The number of carbonyl (C=O) groups excluding carboxylic acids is 1. The number of nitrogens with one attached hydrogen (secondary N) is 1. The van der Waals surface area contributed by atoms with E-state index in [9.17, 15) is 4.79 Å². The van der Waals surface area contributed by atoms with Crippen LogP contribution in [0.1, 0.15) is 11.1 Å². The van der Waals surface area contributed by atoms with Gasteiger partial charge in [-0.25, -0.2) is 5.43 Å². The zero-order valence-electron chi connectivity index (χ0n) is 15.6. The van der Waals surface area contributed by atoms with Crippen LogP contribution in [0.25, 0.3) is 0 Å². The molecule has 7 heteroatoms. The molecular weight excluding hydrogens is 427 g/mol. The zero-order chi connectivity index (χ0) is 20.6. The van der Waals surface area contributed by atoms with Gasteiger partial charge in [-0.2, -0.15) is 5.10 Å². The topological polar surface area (TPSA) is 50.7 Å². The number of hydrogen-bond acceptors (Lipinski definition) is 4. The highest BCUT2D eigenvalue weighted by atomic mass is 35.5. The van der Waals surface area contributed by atoms with Crippen LogP contribution in [0.3, 0.4) is 0 Å². The Labute approximate surface area is 183 Å². The lowest BCUT2D eigenvalue weighted by atomic mass is 10.2. The summed E-state index contributed by atoms with van der Waals surface area (Å²) in [7, 11) is 0. The molecule has 3 aromatic carbocycles. The van der Waals surface area contributed by atoms with Crippen LogP contribution < -0.4 is 10.2 Å². The van der Waals surface area contributed by atoms with Crippen molar-refractivity contribution in [1.29, 1.82) is 0 Å². The summed E-state index contributed by atoms with van der Waals surface area (Å²) in [5.74, 6) is -0.00400. The predicted octanol–water partition coefficient (Wildman–Crippen LogP) is 5.98. The van der Waals surface area contributed by atoms with Crippen LogP contribution in [0.2, 0.25) is 10.0 Å². The monoisotopic (exact) mass is 444 g/mol. The smallest absolute Gasteiger partial charge is 0.277 e. The molecule has 0 unspecified atom stereocenters. The fourth-order valence-electron chi connectivity index (χ4n) is 2.31. The van der Waals surface area contributed by atoms with Crippen molar-refractivity contribution in [2.75, 3.05) is 6.61 Å². The number of hydrazone groups is 1. The number of rotatable bonds is 7. The van der Waals surface area contributed by atoms with E-state index in [1.807, 2.05) is 24.3 Å². The van der Waals surface area contributed by atoms with Gasteiger partial charge in [0.05, 0.1) is 11.2 Å². The Morgan fingerprint density at radius 2 is 1.69 bits per heavy atom. The highest BCUT2D eigenvalue weighted by Crippen LogP contribution is 2.28. The molecule has 1 amide bonds. The Bertz CT molecular complexity index is 1010. The highest BCUT2D eigenvalue weighted by molar-refractivity contribution is 7.99. The first kappa shape index (κ1) is 21.2. The number of carbonyl (C=O) groups is 1. The van der Waals surface area contributed by atoms with Gasteiger partial charge < -0.3 is 4.74 Å². The number of aryl methyl sites for hydroxylation is 1. The molecule has 29 heavy (non-hydrogen) atoms. The molecule has 0 aromatic heterocycles. The normalized spacial score (nSPS) is 10.9. The number of ether oxygens (including phenoxy) is 1. The standard InChI is InChI=1S/C22H18Cl2N2O2S/c1-15-2-7-18(8-3-15)29-19-9-4-16(5-10-19)13-25-26-22(27)14-28-21-11-6-17(23)12-20(21)24/h2-13H,14H2,1H3,(H,26,27)/b25-13+. The number of halogens is 2. The second-order valence-corrected chi connectivity index (χ2v) is 8.13. The Hall–Kier alpha value is -2.47. The van der Waals surface area contributed by atoms with Crippen LogP contribution in [0.5, 0.6) is 5.75 Å². The highest BCUT2D eigenvalue weighted by Gasteiger charge is 2.05. The third-order valence-corrected chi connectivity index (χ3v) is 5.34. The lowest BCUT2D eigenvalue weighted by Crippen LogP contribution is -2.24. The molecule has 1 N–H and O–H groups in total. The van der Waals surface area contributed by atoms with Crippen molar-refractivity contribution in [3.05, 3.63) is 87.9 Å². The van der Waals surface area contributed by atoms with Crippen molar-refractivity contribution in [1.82, 2.24) is 5.43 Å². The van der Waals surface area contributed by atoms with Gasteiger partial charge in [0.15, 0.2) is 6.61 Å². The van der Waals surface area contributed by atoms with Crippen LogP contribution >= 0.6 is 35.0 Å². The van der Waals surface area contributed by atoms with Crippen molar-refractivity contribution >= 4 is 47.1 Å². The molecule has 3 aromatic rings. The van der Waals surface area contributed by atoms with Gasteiger partial charge in [-0.1, -0.05) is 64.8 Å². The fraction of sp³-hybridized carbons (Fsp3) is 0.0909. The summed E-state index contributed by atoms with van der Waals surface area (Å²) in [4.78, 5) is 14.2. The van der Waals surface area contributed by atoms with E-state index >= 15 is 0 Å². The summed E-state index contributed by atoms with van der Waals surface area (Å²) in [6, 6.07) is 21.1. The van der Waals surface area contributed by atoms with E-state index in [2.05, 4.69) is 41.7 Å². The van der Waals surface area contributed by atoms with E-state index in [0.717, 1.165) is 10.5 Å². The molecular formula is C22H18Cl2N2O2S. The third-order valence-electron chi connectivity index (χ3n) is 3.79. The van der Waals surface area contributed by atoms with E-state index in [4.69, 9.17) is 27.9 Å². The van der Waals surface area contributed by atoms with Crippen LogP contribution in [-0.2, 0) is 4.79 Å². The van der Waals surface area contributed by atoms with Crippen molar-refractivity contribution in [2.24, 2.45) is 5.10 Å². The lowest BCUT2D eigenvalue weighted by molar-refractivity contribution is -0.123. The fourth-order valence-corrected chi connectivity index (χ4v) is 3.59. The van der Waals surface area contributed by atoms with Gasteiger partial charge in [0, 0.05) is 14.8 Å². The van der Waals surface area contributed by atoms with Gasteiger partial charge in [0.1, 0.15) is 5.75 Å². The first-order chi connectivity index (χ1) is 14.0.